The number of carbonyl (C=O) groups excluding carboxylic acids is 2. The van der Waals surface area contributed by atoms with Gasteiger partial charge in [-0.3, -0.25) is 14.6 Å². The molecule has 0 unspecified atom stereocenters. The molecule has 0 spiro atoms. The summed E-state index contributed by atoms with van der Waals surface area (Å²) < 4.78 is 0. The van der Waals surface area contributed by atoms with Gasteiger partial charge >= 0.3 is 0 Å². The van der Waals surface area contributed by atoms with Gasteiger partial charge in [0.05, 0.1) is 11.3 Å². The number of nitrogens with one attached hydrogen (secondary N) is 1. The largest absolute Gasteiger partial charge is 0.352 e. The van der Waals surface area contributed by atoms with Gasteiger partial charge in [-0.05, 0) is 49.9 Å². The van der Waals surface area contributed by atoms with E-state index < -0.39 is 0 Å². The molecule has 1 N–H and O–H groups in total. The highest BCUT2D eigenvalue weighted by molar-refractivity contribution is 5.95. The summed E-state index contributed by atoms with van der Waals surface area (Å²) in [7, 11) is 0. The van der Waals surface area contributed by atoms with Crippen molar-refractivity contribution in [2.24, 2.45) is 5.92 Å². The predicted molar refractivity (Wildman–Crippen MR) is 110 cm³/mol. The van der Waals surface area contributed by atoms with Gasteiger partial charge in [-0.1, -0.05) is 32.0 Å². The molecule has 0 bridgehead atoms. The van der Waals surface area contributed by atoms with Gasteiger partial charge in [0.25, 0.3) is 11.8 Å². The first-order valence-electron chi connectivity index (χ1n) is 10.1. The number of aromatic nitrogens is 1. The number of hydrogen-bond donors (Lipinski definition) is 1. The lowest BCUT2D eigenvalue weighted by atomic mass is 9.89. The molecule has 0 atom stereocenters. The molecular formula is C23H29N3O2. The molecule has 5 nitrogen and oxygen atoms in total. The van der Waals surface area contributed by atoms with E-state index in [4.69, 9.17) is 4.98 Å². The van der Waals surface area contributed by atoms with E-state index in [0.29, 0.717) is 31.1 Å². The smallest absolute Gasteiger partial charge is 0.253 e. The van der Waals surface area contributed by atoms with Crippen molar-refractivity contribution in [3.63, 3.8) is 0 Å². The summed E-state index contributed by atoms with van der Waals surface area (Å²) in [5.41, 5.74) is 3.17. The summed E-state index contributed by atoms with van der Waals surface area (Å²) in [6.07, 6.45) is 1.64. The lowest BCUT2D eigenvalue weighted by Gasteiger charge is -2.32. The van der Waals surface area contributed by atoms with Crippen LogP contribution in [0, 0.1) is 12.8 Å². The van der Waals surface area contributed by atoms with Crippen molar-refractivity contribution in [2.45, 2.75) is 39.5 Å². The van der Waals surface area contributed by atoms with Gasteiger partial charge in [0.15, 0.2) is 0 Å². The third-order valence-electron chi connectivity index (χ3n) is 5.17. The van der Waals surface area contributed by atoms with Crippen LogP contribution >= 0.6 is 0 Å². The van der Waals surface area contributed by atoms with Crippen LogP contribution in [-0.2, 0) is 0 Å². The minimum Gasteiger partial charge on any atom is -0.352 e. The predicted octanol–water partition coefficient (Wildman–Crippen LogP) is 3.80. The monoisotopic (exact) mass is 379 g/mol. The van der Waals surface area contributed by atoms with Gasteiger partial charge in [-0.2, -0.15) is 0 Å². The first kappa shape index (κ1) is 20.1. The van der Waals surface area contributed by atoms with Crippen molar-refractivity contribution < 1.29 is 9.59 Å². The second-order valence-electron chi connectivity index (χ2n) is 7.92. The molecule has 28 heavy (non-hydrogen) atoms. The van der Waals surface area contributed by atoms with E-state index in [1.165, 1.54) is 0 Å². The zero-order valence-corrected chi connectivity index (χ0v) is 16.9. The maximum absolute atomic E-state index is 12.7. The Morgan fingerprint density at radius 3 is 2.43 bits per heavy atom. The lowest BCUT2D eigenvalue weighted by molar-refractivity contribution is 0.0710. The van der Waals surface area contributed by atoms with E-state index in [1.54, 1.807) is 0 Å². The topological polar surface area (TPSA) is 62.3 Å². The first-order chi connectivity index (χ1) is 13.5. The van der Waals surface area contributed by atoms with Crippen molar-refractivity contribution in [3.8, 4) is 0 Å². The molecule has 2 amide bonds. The summed E-state index contributed by atoms with van der Waals surface area (Å²) in [6.45, 7) is 8.12. The average Bonchev–Trinajstić information content (AvgIpc) is 2.72. The number of benzene rings is 1. The highest BCUT2D eigenvalue weighted by Gasteiger charge is 2.28. The Morgan fingerprint density at radius 2 is 1.79 bits per heavy atom. The third kappa shape index (κ3) is 4.77. The number of amides is 2. The minimum absolute atomic E-state index is 0.0565. The maximum atomic E-state index is 12.7. The molecule has 1 saturated heterocycles. The molecule has 2 aromatic rings. The third-order valence-corrected chi connectivity index (χ3v) is 5.17. The SMILES string of the molecule is Cc1ccc(C(=O)NCC(C)C)c(C2CCN(C(=O)c3ccccc3)CC2)n1. The number of rotatable bonds is 5. The zero-order chi connectivity index (χ0) is 20.1. The standard InChI is InChI=1S/C23H29N3O2/c1-16(2)15-24-22(27)20-10-9-17(3)25-21(20)18-11-13-26(14-12-18)23(28)19-7-5-4-6-8-19/h4-10,16,18H,11-15H2,1-3H3,(H,24,27). The Morgan fingerprint density at radius 1 is 1.11 bits per heavy atom. The molecule has 1 fully saturated rings. The van der Waals surface area contributed by atoms with Crippen LogP contribution in [0.5, 0.6) is 0 Å². The number of piperidine rings is 1. The van der Waals surface area contributed by atoms with E-state index in [-0.39, 0.29) is 17.7 Å². The fraction of sp³-hybridized carbons (Fsp3) is 0.435. The summed E-state index contributed by atoms with van der Waals surface area (Å²) in [5, 5.41) is 3.00. The van der Waals surface area contributed by atoms with Gasteiger partial charge in [0, 0.05) is 36.8 Å². The molecule has 0 saturated carbocycles. The number of likely N-dealkylation sites (tertiary alicyclic amines) is 1. The molecule has 1 aromatic heterocycles. The Balaban J connectivity index is 1.71. The molecule has 3 rings (SSSR count). The average molecular weight is 380 g/mol. The van der Waals surface area contributed by atoms with Crippen molar-refractivity contribution >= 4 is 11.8 Å². The summed E-state index contributed by atoms with van der Waals surface area (Å²) in [6, 6.07) is 13.2. The van der Waals surface area contributed by atoms with Crippen LogP contribution in [0.1, 0.15) is 64.7 Å². The summed E-state index contributed by atoms with van der Waals surface area (Å²) in [5.74, 6) is 0.614. The van der Waals surface area contributed by atoms with Crippen LogP contribution < -0.4 is 5.32 Å². The number of nitrogens with zero attached hydrogens (tertiary/aromatic N) is 2. The van der Waals surface area contributed by atoms with Gasteiger partial charge in [0.1, 0.15) is 0 Å². The number of pyridine rings is 1. The fourth-order valence-electron chi connectivity index (χ4n) is 3.59. The normalized spacial score (nSPS) is 14.9. The summed E-state index contributed by atoms with van der Waals surface area (Å²) in [4.78, 5) is 31.9. The molecule has 5 heteroatoms. The second-order valence-corrected chi connectivity index (χ2v) is 7.92. The van der Waals surface area contributed by atoms with Gasteiger partial charge in [-0.25, -0.2) is 0 Å². The quantitative estimate of drug-likeness (QED) is 0.860. The van der Waals surface area contributed by atoms with Gasteiger partial charge < -0.3 is 10.2 Å². The molecule has 0 radical (unpaired) electrons. The molecule has 2 heterocycles. The number of hydrogen-bond acceptors (Lipinski definition) is 3. The Bertz CT molecular complexity index is 825. The van der Waals surface area contributed by atoms with E-state index >= 15 is 0 Å². The first-order valence-corrected chi connectivity index (χ1v) is 10.1. The van der Waals surface area contributed by atoms with Crippen LogP contribution in [-0.4, -0.2) is 41.3 Å². The molecule has 1 aliphatic heterocycles. The van der Waals surface area contributed by atoms with E-state index in [0.717, 1.165) is 29.8 Å². The molecular weight excluding hydrogens is 350 g/mol. The molecule has 1 aliphatic rings. The van der Waals surface area contributed by atoms with Gasteiger partial charge in [-0.15, -0.1) is 0 Å². The Hall–Kier alpha value is -2.69. The van der Waals surface area contributed by atoms with Crippen molar-refractivity contribution in [1.29, 1.82) is 0 Å². The molecule has 148 valence electrons. The molecule has 0 aliphatic carbocycles. The Kier molecular flexibility index (Phi) is 6.45. The number of carbonyl (C=O) groups is 2. The number of aryl methyl sites for hydroxylation is 1. The van der Waals surface area contributed by atoms with Crippen LogP contribution in [0.2, 0.25) is 0 Å². The summed E-state index contributed by atoms with van der Waals surface area (Å²) >= 11 is 0. The van der Waals surface area contributed by atoms with E-state index in [1.807, 2.05) is 54.3 Å². The zero-order valence-electron chi connectivity index (χ0n) is 16.9. The highest BCUT2D eigenvalue weighted by atomic mass is 16.2. The van der Waals surface area contributed by atoms with Crippen LogP contribution in [0.25, 0.3) is 0 Å². The Labute approximate surface area is 167 Å². The maximum Gasteiger partial charge on any atom is 0.253 e. The van der Waals surface area contributed by atoms with Crippen LogP contribution in [0.3, 0.4) is 0 Å². The van der Waals surface area contributed by atoms with E-state index in [2.05, 4.69) is 19.2 Å². The van der Waals surface area contributed by atoms with E-state index in [9.17, 15) is 9.59 Å². The van der Waals surface area contributed by atoms with Crippen molar-refractivity contribution in [2.75, 3.05) is 19.6 Å². The van der Waals surface area contributed by atoms with Crippen molar-refractivity contribution in [3.05, 3.63) is 65.0 Å². The fourth-order valence-corrected chi connectivity index (χ4v) is 3.59. The highest BCUT2D eigenvalue weighted by Crippen LogP contribution is 2.30. The minimum atomic E-state index is -0.0565. The lowest BCUT2D eigenvalue weighted by Crippen LogP contribution is -2.38. The van der Waals surface area contributed by atoms with Gasteiger partial charge in [0.2, 0.25) is 0 Å². The second kappa shape index (κ2) is 9.00. The molecule has 1 aromatic carbocycles. The van der Waals surface area contributed by atoms with Crippen molar-refractivity contribution in [1.82, 2.24) is 15.2 Å². The van der Waals surface area contributed by atoms with Crippen LogP contribution in [0.4, 0.5) is 0 Å². The van der Waals surface area contributed by atoms with Crippen LogP contribution in [0.15, 0.2) is 42.5 Å².